The van der Waals surface area contributed by atoms with E-state index < -0.39 is 0 Å². The molecule has 2 heterocycles. The molecule has 1 aromatic rings. The molecular formula is C18H20Cl2N2O2. The Labute approximate surface area is 152 Å². The number of likely N-dealkylation sites (tertiary alicyclic amines) is 1. The maximum atomic E-state index is 12.9. The normalized spacial score (nSPS) is 18.8. The van der Waals surface area contributed by atoms with Gasteiger partial charge in [-0.3, -0.25) is 14.5 Å². The van der Waals surface area contributed by atoms with Crippen molar-refractivity contribution in [1.29, 1.82) is 0 Å². The Bertz CT molecular complexity index is 709. The molecule has 0 spiro atoms. The van der Waals surface area contributed by atoms with Crippen molar-refractivity contribution in [2.75, 3.05) is 19.6 Å². The molecule has 2 aliphatic heterocycles. The van der Waals surface area contributed by atoms with Crippen LogP contribution in [0.2, 0.25) is 10.0 Å². The number of halogens is 2. The molecule has 2 aliphatic rings. The number of piperidine rings is 1. The smallest absolute Gasteiger partial charge is 0.277 e. The van der Waals surface area contributed by atoms with Crippen molar-refractivity contribution in [2.45, 2.75) is 32.6 Å². The Morgan fingerprint density at radius 1 is 1.04 bits per heavy atom. The maximum absolute atomic E-state index is 12.9. The van der Waals surface area contributed by atoms with E-state index in [1.165, 1.54) is 4.90 Å². The molecule has 128 valence electrons. The highest BCUT2D eigenvalue weighted by Gasteiger charge is 2.41. The molecule has 0 aliphatic carbocycles. The lowest BCUT2D eigenvalue weighted by molar-refractivity contribution is -0.137. The van der Waals surface area contributed by atoms with E-state index in [0.717, 1.165) is 38.8 Å². The quantitative estimate of drug-likeness (QED) is 0.757. The Morgan fingerprint density at radius 2 is 1.75 bits per heavy atom. The summed E-state index contributed by atoms with van der Waals surface area (Å²) >= 11 is 12.3. The fourth-order valence-corrected chi connectivity index (χ4v) is 3.84. The topological polar surface area (TPSA) is 40.6 Å². The van der Waals surface area contributed by atoms with Gasteiger partial charge in [-0.15, -0.1) is 0 Å². The van der Waals surface area contributed by atoms with Gasteiger partial charge in [0.25, 0.3) is 11.8 Å². The molecule has 1 aromatic carbocycles. The molecule has 0 aromatic heterocycles. The van der Waals surface area contributed by atoms with E-state index >= 15 is 0 Å². The van der Waals surface area contributed by atoms with E-state index in [-0.39, 0.29) is 11.8 Å². The zero-order valence-corrected chi connectivity index (χ0v) is 15.2. The maximum Gasteiger partial charge on any atom is 0.277 e. The lowest BCUT2D eigenvalue weighted by Gasteiger charge is -2.29. The molecule has 4 nitrogen and oxygen atoms in total. The Hall–Kier alpha value is -1.52. The molecule has 24 heavy (non-hydrogen) atoms. The molecule has 0 atom stereocenters. The molecule has 0 saturated carbocycles. The summed E-state index contributed by atoms with van der Waals surface area (Å²) in [5.74, 6) is -0.462. The number of carbonyl (C=O) groups excluding carboxylic acids is 2. The fraction of sp³-hybridized carbons (Fsp3) is 0.444. The summed E-state index contributed by atoms with van der Waals surface area (Å²) in [6.07, 6.45) is 3.94. The zero-order chi connectivity index (χ0) is 17.3. The van der Waals surface area contributed by atoms with Crippen molar-refractivity contribution in [3.8, 4) is 0 Å². The summed E-state index contributed by atoms with van der Waals surface area (Å²) in [6.45, 7) is 3.96. The van der Waals surface area contributed by atoms with Gasteiger partial charge in [0.1, 0.15) is 5.70 Å². The number of amides is 2. The van der Waals surface area contributed by atoms with Crippen LogP contribution in [0.15, 0.2) is 23.9 Å². The number of hydrogen-bond acceptors (Lipinski definition) is 3. The second-order valence-corrected chi connectivity index (χ2v) is 7.00. The third-order valence-electron chi connectivity index (χ3n) is 4.46. The first-order chi connectivity index (χ1) is 11.5. The van der Waals surface area contributed by atoms with E-state index in [1.807, 2.05) is 11.8 Å². The summed E-state index contributed by atoms with van der Waals surface area (Å²) in [5.41, 5.74) is 1.49. The van der Waals surface area contributed by atoms with Crippen LogP contribution in [0.5, 0.6) is 0 Å². The van der Waals surface area contributed by atoms with Crippen molar-refractivity contribution in [3.05, 3.63) is 39.5 Å². The molecule has 0 radical (unpaired) electrons. The third kappa shape index (κ3) is 3.05. The van der Waals surface area contributed by atoms with Crippen molar-refractivity contribution >= 4 is 40.6 Å². The van der Waals surface area contributed by atoms with Crippen LogP contribution in [0.4, 0.5) is 0 Å². The molecule has 3 rings (SSSR count). The molecule has 1 saturated heterocycles. The van der Waals surface area contributed by atoms with E-state index in [2.05, 4.69) is 0 Å². The zero-order valence-electron chi connectivity index (χ0n) is 13.6. The van der Waals surface area contributed by atoms with Gasteiger partial charge in [-0.05, 0) is 37.8 Å². The molecule has 0 unspecified atom stereocenters. The summed E-state index contributed by atoms with van der Waals surface area (Å²) in [5, 5.41) is 0.901. The number of rotatable bonds is 4. The third-order valence-corrected chi connectivity index (χ3v) is 5.01. The van der Waals surface area contributed by atoms with Crippen LogP contribution in [0.3, 0.4) is 0 Å². The van der Waals surface area contributed by atoms with Crippen molar-refractivity contribution < 1.29 is 9.59 Å². The standard InChI is InChI=1S/C18H20Cl2N2O2/c1-2-8-22-17(23)15(13-7-6-12(19)11-14(13)20)16(18(22)24)21-9-4-3-5-10-21/h6-7,11H,2-5,8-10H2,1H3. The molecular weight excluding hydrogens is 347 g/mol. The number of hydrogen-bond donors (Lipinski definition) is 0. The average molecular weight is 367 g/mol. The van der Waals surface area contributed by atoms with Crippen LogP contribution in [0, 0.1) is 0 Å². The molecule has 6 heteroatoms. The van der Waals surface area contributed by atoms with E-state index in [0.29, 0.717) is 33.4 Å². The number of benzene rings is 1. The van der Waals surface area contributed by atoms with Gasteiger partial charge in [-0.25, -0.2) is 0 Å². The first-order valence-electron chi connectivity index (χ1n) is 8.35. The van der Waals surface area contributed by atoms with Gasteiger partial charge >= 0.3 is 0 Å². The highest BCUT2D eigenvalue weighted by Crippen LogP contribution is 2.37. The van der Waals surface area contributed by atoms with Gasteiger partial charge in [0.15, 0.2) is 0 Å². The highest BCUT2D eigenvalue weighted by atomic mass is 35.5. The number of carbonyl (C=O) groups is 2. The van der Waals surface area contributed by atoms with Crippen LogP contribution >= 0.6 is 23.2 Å². The predicted molar refractivity (Wildman–Crippen MR) is 95.8 cm³/mol. The first kappa shape index (κ1) is 17.3. The van der Waals surface area contributed by atoms with Crippen molar-refractivity contribution in [3.63, 3.8) is 0 Å². The van der Waals surface area contributed by atoms with Gasteiger partial charge in [-0.2, -0.15) is 0 Å². The van der Waals surface area contributed by atoms with E-state index in [9.17, 15) is 9.59 Å². The highest BCUT2D eigenvalue weighted by molar-refractivity contribution is 6.41. The second kappa shape index (κ2) is 7.16. The lowest BCUT2D eigenvalue weighted by atomic mass is 10.0. The van der Waals surface area contributed by atoms with E-state index in [4.69, 9.17) is 23.2 Å². The lowest BCUT2D eigenvalue weighted by Crippen LogP contribution is -2.37. The minimum atomic E-state index is -0.258. The van der Waals surface area contributed by atoms with Crippen molar-refractivity contribution in [1.82, 2.24) is 9.80 Å². The first-order valence-corrected chi connectivity index (χ1v) is 9.11. The largest absolute Gasteiger partial charge is 0.366 e. The van der Waals surface area contributed by atoms with Crippen LogP contribution in [-0.4, -0.2) is 41.2 Å². The number of nitrogens with zero attached hydrogens (tertiary/aromatic N) is 2. The van der Waals surface area contributed by atoms with Gasteiger partial charge < -0.3 is 4.90 Å². The predicted octanol–water partition coefficient (Wildman–Crippen LogP) is 3.97. The van der Waals surface area contributed by atoms with Gasteiger partial charge in [-0.1, -0.05) is 36.2 Å². The summed E-state index contributed by atoms with van der Waals surface area (Å²) in [7, 11) is 0. The Balaban J connectivity index is 2.11. The molecule has 1 fully saturated rings. The molecule has 0 bridgehead atoms. The van der Waals surface area contributed by atoms with Crippen LogP contribution < -0.4 is 0 Å². The fourth-order valence-electron chi connectivity index (χ4n) is 3.34. The monoisotopic (exact) mass is 366 g/mol. The second-order valence-electron chi connectivity index (χ2n) is 6.16. The van der Waals surface area contributed by atoms with Gasteiger partial charge in [0.2, 0.25) is 0 Å². The molecule has 0 N–H and O–H groups in total. The minimum Gasteiger partial charge on any atom is -0.366 e. The SMILES string of the molecule is CCCN1C(=O)C(c2ccc(Cl)cc2Cl)=C(N2CCCCC2)C1=O. The summed E-state index contributed by atoms with van der Waals surface area (Å²) in [4.78, 5) is 29.2. The van der Waals surface area contributed by atoms with Crippen molar-refractivity contribution in [2.24, 2.45) is 0 Å². The molecule has 2 amide bonds. The minimum absolute atomic E-state index is 0.204. The Morgan fingerprint density at radius 3 is 2.38 bits per heavy atom. The van der Waals surface area contributed by atoms with Crippen LogP contribution in [0.25, 0.3) is 5.57 Å². The van der Waals surface area contributed by atoms with Gasteiger partial charge in [0.05, 0.1) is 10.6 Å². The average Bonchev–Trinajstić information content (AvgIpc) is 2.81. The summed E-state index contributed by atoms with van der Waals surface area (Å²) < 4.78 is 0. The van der Waals surface area contributed by atoms with Crippen LogP contribution in [0.1, 0.15) is 38.2 Å². The van der Waals surface area contributed by atoms with E-state index in [1.54, 1.807) is 18.2 Å². The Kier molecular flexibility index (Phi) is 5.16. The summed E-state index contributed by atoms with van der Waals surface area (Å²) in [6, 6.07) is 5.04. The number of imide groups is 1. The van der Waals surface area contributed by atoms with Gasteiger partial charge in [0, 0.05) is 30.2 Å². The van der Waals surface area contributed by atoms with Crippen LogP contribution in [-0.2, 0) is 9.59 Å².